The highest BCUT2D eigenvalue weighted by atomic mass is 35.5. The van der Waals surface area contributed by atoms with Crippen molar-refractivity contribution in [1.82, 2.24) is 4.90 Å². The molecule has 21 heavy (non-hydrogen) atoms. The summed E-state index contributed by atoms with van der Waals surface area (Å²) in [5.74, 6) is 0.888. The van der Waals surface area contributed by atoms with Crippen LogP contribution in [0.5, 0.6) is 0 Å². The molecule has 1 aliphatic heterocycles. The van der Waals surface area contributed by atoms with Gasteiger partial charge in [-0.3, -0.25) is 4.79 Å². The lowest BCUT2D eigenvalue weighted by atomic mass is 10.0. The average Bonchev–Trinajstić information content (AvgIpc) is 2.35. The molecule has 0 aliphatic carbocycles. The Balaban J connectivity index is 0.00000220. The fourth-order valence-corrected chi connectivity index (χ4v) is 3.02. The number of hydrogen-bond donors (Lipinski definition) is 1. The number of carbonyl (C=O) groups excluding carboxylic acids is 1. The van der Waals surface area contributed by atoms with Crippen molar-refractivity contribution in [1.29, 1.82) is 0 Å². The normalized spacial score (nSPS) is 18.9. The summed E-state index contributed by atoms with van der Waals surface area (Å²) in [6, 6.07) is 6.16. The topological polar surface area (TPSA) is 32.3 Å². The minimum atomic E-state index is 0. The van der Waals surface area contributed by atoms with Crippen molar-refractivity contribution in [2.75, 3.05) is 25.0 Å². The number of amides is 1. The Labute approximate surface area is 134 Å². The van der Waals surface area contributed by atoms with Crippen molar-refractivity contribution in [3.8, 4) is 0 Å². The molecule has 1 N–H and O–H groups in total. The SMILES string of the molecule is Cc1cc(C)cc(NC(=O)CCN2CCCC(C)C2)c1.Cl. The number of likely N-dealkylation sites (tertiary alicyclic amines) is 1. The highest BCUT2D eigenvalue weighted by molar-refractivity contribution is 5.91. The van der Waals surface area contributed by atoms with E-state index in [4.69, 9.17) is 0 Å². The number of nitrogens with one attached hydrogen (secondary N) is 1. The van der Waals surface area contributed by atoms with Crippen molar-refractivity contribution in [2.24, 2.45) is 5.92 Å². The molecule has 1 amide bonds. The maximum absolute atomic E-state index is 12.0. The van der Waals surface area contributed by atoms with E-state index in [9.17, 15) is 4.79 Å². The number of piperidine rings is 1. The van der Waals surface area contributed by atoms with Crippen LogP contribution in [0.3, 0.4) is 0 Å². The molecule has 1 atom stereocenters. The fourth-order valence-electron chi connectivity index (χ4n) is 3.02. The van der Waals surface area contributed by atoms with Crippen LogP contribution in [-0.4, -0.2) is 30.4 Å². The van der Waals surface area contributed by atoms with Crippen LogP contribution in [-0.2, 0) is 4.79 Å². The van der Waals surface area contributed by atoms with Crippen molar-refractivity contribution < 1.29 is 4.79 Å². The summed E-state index contributed by atoms with van der Waals surface area (Å²) in [6.45, 7) is 9.55. The minimum absolute atomic E-state index is 0. The van der Waals surface area contributed by atoms with E-state index in [0.29, 0.717) is 6.42 Å². The van der Waals surface area contributed by atoms with Crippen molar-refractivity contribution in [2.45, 2.75) is 40.0 Å². The number of rotatable bonds is 4. The zero-order valence-corrected chi connectivity index (χ0v) is 14.1. The average molecular weight is 311 g/mol. The van der Waals surface area contributed by atoms with Gasteiger partial charge in [-0.1, -0.05) is 13.0 Å². The Kier molecular flexibility index (Phi) is 7.20. The number of benzene rings is 1. The molecule has 0 spiro atoms. The van der Waals surface area contributed by atoms with Gasteiger partial charge in [0, 0.05) is 25.2 Å². The first-order valence-electron chi connectivity index (χ1n) is 7.63. The van der Waals surface area contributed by atoms with Gasteiger partial charge in [0.05, 0.1) is 0 Å². The van der Waals surface area contributed by atoms with Gasteiger partial charge in [0.2, 0.25) is 5.91 Å². The molecule has 1 aliphatic rings. The highest BCUT2D eigenvalue weighted by Crippen LogP contribution is 2.16. The molecule has 2 rings (SSSR count). The first-order valence-corrected chi connectivity index (χ1v) is 7.63. The highest BCUT2D eigenvalue weighted by Gasteiger charge is 2.16. The number of aryl methyl sites for hydroxylation is 2. The Morgan fingerprint density at radius 3 is 2.57 bits per heavy atom. The van der Waals surface area contributed by atoms with Crippen LogP contribution < -0.4 is 5.32 Å². The van der Waals surface area contributed by atoms with Gasteiger partial charge >= 0.3 is 0 Å². The second-order valence-electron chi connectivity index (χ2n) is 6.22. The Bertz CT molecular complexity index is 456. The van der Waals surface area contributed by atoms with E-state index in [1.54, 1.807) is 0 Å². The third kappa shape index (κ3) is 6.06. The summed E-state index contributed by atoms with van der Waals surface area (Å²) in [5, 5.41) is 3.01. The lowest BCUT2D eigenvalue weighted by Gasteiger charge is -2.30. The molecule has 1 aromatic carbocycles. The van der Waals surface area contributed by atoms with Crippen LogP contribution in [0.15, 0.2) is 18.2 Å². The molecule has 3 nitrogen and oxygen atoms in total. The zero-order valence-electron chi connectivity index (χ0n) is 13.3. The van der Waals surface area contributed by atoms with E-state index in [1.807, 2.05) is 12.1 Å². The lowest BCUT2D eigenvalue weighted by molar-refractivity contribution is -0.116. The lowest BCUT2D eigenvalue weighted by Crippen LogP contribution is -2.36. The third-order valence-electron chi connectivity index (χ3n) is 3.90. The molecule has 0 aromatic heterocycles. The van der Waals surface area contributed by atoms with Crippen LogP contribution in [0, 0.1) is 19.8 Å². The quantitative estimate of drug-likeness (QED) is 0.917. The van der Waals surface area contributed by atoms with Gasteiger partial charge in [-0.15, -0.1) is 12.4 Å². The van der Waals surface area contributed by atoms with Crippen molar-refractivity contribution >= 4 is 24.0 Å². The second-order valence-corrected chi connectivity index (χ2v) is 6.22. The predicted octanol–water partition coefficient (Wildman–Crippen LogP) is 3.79. The van der Waals surface area contributed by atoms with Crippen LogP contribution >= 0.6 is 12.4 Å². The van der Waals surface area contributed by atoms with Crippen LogP contribution in [0.2, 0.25) is 0 Å². The molecule has 118 valence electrons. The van der Waals surface area contributed by atoms with E-state index in [1.165, 1.54) is 24.0 Å². The maximum Gasteiger partial charge on any atom is 0.225 e. The Morgan fingerprint density at radius 1 is 1.29 bits per heavy atom. The summed E-state index contributed by atoms with van der Waals surface area (Å²) in [5.41, 5.74) is 3.29. The number of halogens is 1. The third-order valence-corrected chi connectivity index (χ3v) is 3.90. The minimum Gasteiger partial charge on any atom is -0.326 e. The standard InChI is InChI=1S/C17H26N2O.ClH/c1-13-5-4-7-19(12-13)8-6-17(20)18-16-10-14(2)9-15(3)11-16;/h9-11,13H,4-8,12H2,1-3H3,(H,18,20);1H. The molecular weight excluding hydrogens is 284 g/mol. The van der Waals surface area contributed by atoms with E-state index in [-0.39, 0.29) is 18.3 Å². The summed E-state index contributed by atoms with van der Waals surface area (Å²) >= 11 is 0. The van der Waals surface area contributed by atoms with E-state index in [0.717, 1.165) is 31.2 Å². The molecule has 1 heterocycles. The summed E-state index contributed by atoms with van der Waals surface area (Å²) in [4.78, 5) is 14.4. The molecule has 4 heteroatoms. The van der Waals surface area contributed by atoms with Crippen LogP contribution in [0.1, 0.15) is 37.3 Å². The van der Waals surface area contributed by atoms with Gasteiger partial charge in [0.1, 0.15) is 0 Å². The van der Waals surface area contributed by atoms with Gasteiger partial charge in [0.25, 0.3) is 0 Å². The first kappa shape index (κ1) is 18.0. The second kappa shape index (κ2) is 8.40. The number of carbonyl (C=O) groups is 1. The largest absolute Gasteiger partial charge is 0.326 e. The fraction of sp³-hybridized carbons (Fsp3) is 0.588. The van der Waals surface area contributed by atoms with E-state index in [2.05, 4.69) is 37.1 Å². The first-order chi connectivity index (χ1) is 9.52. The van der Waals surface area contributed by atoms with Gasteiger partial charge < -0.3 is 10.2 Å². The molecule has 1 saturated heterocycles. The predicted molar refractivity (Wildman–Crippen MR) is 91.2 cm³/mol. The molecule has 1 aromatic rings. The van der Waals surface area contributed by atoms with Gasteiger partial charge in [-0.25, -0.2) is 0 Å². The maximum atomic E-state index is 12.0. The molecular formula is C17H27ClN2O. The molecule has 1 fully saturated rings. The van der Waals surface area contributed by atoms with Crippen LogP contribution in [0.4, 0.5) is 5.69 Å². The molecule has 0 saturated carbocycles. The van der Waals surface area contributed by atoms with Crippen molar-refractivity contribution in [3.63, 3.8) is 0 Å². The zero-order chi connectivity index (χ0) is 14.5. The van der Waals surface area contributed by atoms with Gasteiger partial charge in [-0.2, -0.15) is 0 Å². The number of anilines is 1. The van der Waals surface area contributed by atoms with E-state index >= 15 is 0 Å². The summed E-state index contributed by atoms with van der Waals surface area (Å²) in [6.07, 6.45) is 3.17. The van der Waals surface area contributed by atoms with Crippen LogP contribution in [0.25, 0.3) is 0 Å². The van der Waals surface area contributed by atoms with Gasteiger partial charge in [0.15, 0.2) is 0 Å². The molecule has 0 bridgehead atoms. The smallest absolute Gasteiger partial charge is 0.225 e. The van der Waals surface area contributed by atoms with E-state index < -0.39 is 0 Å². The van der Waals surface area contributed by atoms with Crippen molar-refractivity contribution in [3.05, 3.63) is 29.3 Å². The Morgan fingerprint density at radius 2 is 1.95 bits per heavy atom. The Hall–Kier alpha value is -1.06. The number of hydrogen-bond acceptors (Lipinski definition) is 2. The monoisotopic (exact) mass is 310 g/mol. The van der Waals surface area contributed by atoms with Gasteiger partial charge in [-0.05, 0) is 62.4 Å². The summed E-state index contributed by atoms with van der Waals surface area (Å²) < 4.78 is 0. The molecule has 1 unspecified atom stereocenters. The summed E-state index contributed by atoms with van der Waals surface area (Å²) in [7, 11) is 0. The number of nitrogens with zero attached hydrogens (tertiary/aromatic N) is 1. The molecule has 0 radical (unpaired) electrons.